The van der Waals surface area contributed by atoms with Crippen LogP contribution in [0, 0.1) is 6.92 Å². The number of nitrogens with one attached hydrogen (secondary N) is 2. The maximum atomic E-state index is 5.13. The van der Waals surface area contributed by atoms with Crippen molar-refractivity contribution in [3.63, 3.8) is 0 Å². The fourth-order valence-electron chi connectivity index (χ4n) is 3.72. The minimum absolute atomic E-state index is 0. The molecule has 1 aromatic rings. The Morgan fingerprint density at radius 3 is 2.80 bits per heavy atom. The Bertz CT molecular complexity index is 543. The van der Waals surface area contributed by atoms with Crippen LogP contribution in [0.3, 0.4) is 0 Å². The molecule has 25 heavy (non-hydrogen) atoms. The maximum absolute atomic E-state index is 5.13. The maximum Gasteiger partial charge on any atom is 0.228 e. The number of likely N-dealkylation sites (tertiary alicyclic amines) is 1. The first-order valence-corrected chi connectivity index (χ1v) is 9.32. The summed E-state index contributed by atoms with van der Waals surface area (Å²) in [5.41, 5.74) is 0. The summed E-state index contributed by atoms with van der Waals surface area (Å²) < 4.78 is 5.13. The Hall–Kier alpha value is -0.900. The minimum Gasteiger partial charge on any atom is -0.357 e. The Morgan fingerprint density at radius 2 is 2.12 bits per heavy atom. The van der Waals surface area contributed by atoms with Gasteiger partial charge >= 0.3 is 0 Å². The molecule has 1 aliphatic carbocycles. The summed E-state index contributed by atoms with van der Waals surface area (Å²) in [7, 11) is 0. The van der Waals surface area contributed by atoms with E-state index in [4.69, 9.17) is 4.52 Å². The lowest BCUT2D eigenvalue weighted by Gasteiger charge is -2.24. The molecule has 0 radical (unpaired) electrons. The fraction of sp³-hybridized carbons (Fsp3) is 0.824. The van der Waals surface area contributed by atoms with E-state index in [2.05, 4.69) is 37.6 Å². The van der Waals surface area contributed by atoms with E-state index in [1.165, 1.54) is 38.6 Å². The van der Waals surface area contributed by atoms with Gasteiger partial charge in [0.2, 0.25) is 5.89 Å². The van der Waals surface area contributed by atoms with Gasteiger partial charge in [-0.2, -0.15) is 4.98 Å². The van der Waals surface area contributed by atoms with Crippen LogP contribution in [0.15, 0.2) is 9.52 Å². The van der Waals surface area contributed by atoms with Crippen LogP contribution in [0.25, 0.3) is 0 Å². The molecule has 1 saturated heterocycles. The van der Waals surface area contributed by atoms with Crippen molar-refractivity contribution in [1.82, 2.24) is 25.7 Å². The molecule has 2 aliphatic rings. The van der Waals surface area contributed by atoms with Crippen LogP contribution < -0.4 is 10.6 Å². The van der Waals surface area contributed by atoms with Gasteiger partial charge in [-0.05, 0) is 33.1 Å². The third kappa shape index (κ3) is 6.09. The third-order valence-electron chi connectivity index (χ3n) is 4.91. The minimum atomic E-state index is 0. The van der Waals surface area contributed by atoms with Gasteiger partial charge in [0.15, 0.2) is 11.8 Å². The molecule has 0 spiro atoms. The Labute approximate surface area is 167 Å². The summed E-state index contributed by atoms with van der Waals surface area (Å²) in [5, 5.41) is 10.7. The number of hydrogen-bond acceptors (Lipinski definition) is 5. The van der Waals surface area contributed by atoms with Crippen molar-refractivity contribution in [3.05, 3.63) is 11.7 Å². The lowest BCUT2D eigenvalue weighted by molar-refractivity contribution is 0.242. The molecule has 1 aliphatic heterocycles. The Balaban J connectivity index is 0.00000225. The molecule has 1 aromatic heterocycles. The fourth-order valence-corrected chi connectivity index (χ4v) is 3.72. The topological polar surface area (TPSA) is 78.6 Å². The van der Waals surface area contributed by atoms with Gasteiger partial charge < -0.3 is 15.2 Å². The molecule has 0 amide bonds. The second-order valence-electron chi connectivity index (χ2n) is 6.81. The van der Waals surface area contributed by atoms with Crippen molar-refractivity contribution in [2.75, 3.05) is 26.2 Å². The molecule has 8 heteroatoms. The van der Waals surface area contributed by atoms with Crippen molar-refractivity contribution in [2.24, 2.45) is 4.99 Å². The van der Waals surface area contributed by atoms with Crippen molar-refractivity contribution in [3.8, 4) is 0 Å². The highest BCUT2D eigenvalue weighted by Crippen LogP contribution is 2.26. The lowest BCUT2D eigenvalue weighted by Crippen LogP contribution is -2.45. The summed E-state index contributed by atoms with van der Waals surface area (Å²) in [6.45, 7) is 7.79. The Kier molecular flexibility index (Phi) is 8.41. The number of aromatic nitrogens is 2. The third-order valence-corrected chi connectivity index (χ3v) is 4.91. The average molecular weight is 462 g/mol. The van der Waals surface area contributed by atoms with Gasteiger partial charge in [0, 0.05) is 38.1 Å². The molecule has 2 fully saturated rings. The average Bonchev–Trinajstić information content (AvgIpc) is 3.29. The molecule has 1 atom stereocenters. The largest absolute Gasteiger partial charge is 0.357 e. The first-order valence-electron chi connectivity index (χ1n) is 9.32. The van der Waals surface area contributed by atoms with Crippen LogP contribution in [-0.2, 0) is 6.42 Å². The summed E-state index contributed by atoms with van der Waals surface area (Å²) in [5.74, 6) is 2.23. The van der Waals surface area contributed by atoms with E-state index in [-0.39, 0.29) is 24.0 Å². The molecule has 2 heterocycles. The zero-order chi connectivity index (χ0) is 16.8. The van der Waals surface area contributed by atoms with Crippen molar-refractivity contribution < 1.29 is 4.52 Å². The van der Waals surface area contributed by atoms with Gasteiger partial charge in [-0.15, -0.1) is 24.0 Å². The molecule has 0 aromatic carbocycles. The van der Waals surface area contributed by atoms with Gasteiger partial charge in [-0.3, -0.25) is 9.89 Å². The Morgan fingerprint density at radius 1 is 1.32 bits per heavy atom. The normalized spacial score (nSPS) is 22.2. The number of rotatable bonds is 6. The van der Waals surface area contributed by atoms with Gasteiger partial charge in [0.25, 0.3) is 0 Å². The number of nitrogens with zero attached hydrogens (tertiary/aromatic N) is 4. The number of halogens is 1. The summed E-state index contributed by atoms with van der Waals surface area (Å²) in [6, 6.07) is 1.31. The molecule has 7 nitrogen and oxygen atoms in total. The smallest absolute Gasteiger partial charge is 0.228 e. The molecular formula is C17H31IN6O. The van der Waals surface area contributed by atoms with Gasteiger partial charge in [-0.25, -0.2) is 0 Å². The van der Waals surface area contributed by atoms with Gasteiger partial charge in [-0.1, -0.05) is 18.0 Å². The monoisotopic (exact) mass is 462 g/mol. The van der Waals surface area contributed by atoms with Crippen LogP contribution in [-0.4, -0.2) is 59.3 Å². The van der Waals surface area contributed by atoms with E-state index in [0.29, 0.717) is 30.7 Å². The molecule has 2 N–H and O–H groups in total. The van der Waals surface area contributed by atoms with E-state index in [9.17, 15) is 0 Å². The van der Waals surface area contributed by atoms with E-state index in [1.807, 2.05) is 6.92 Å². The predicted octanol–water partition coefficient (Wildman–Crippen LogP) is 2.11. The van der Waals surface area contributed by atoms with Crippen LogP contribution in [0.1, 0.15) is 50.7 Å². The van der Waals surface area contributed by atoms with E-state index < -0.39 is 0 Å². The number of aryl methyl sites for hydroxylation is 1. The molecule has 1 saturated carbocycles. The van der Waals surface area contributed by atoms with Crippen molar-refractivity contribution in [2.45, 2.75) is 64.5 Å². The zero-order valence-electron chi connectivity index (χ0n) is 15.3. The highest BCUT2D eigenvalue weighted by atomic mass is 127. The zero-order valence-corrected chi connectivity index (χ0v) is 17.7. The summed E-state index contributed by atoms with van der Waals surface area (Å²) in [6.07, 6.45) is 7.44. The van der Waals surface area contributed by atoms with Crippen LogP contribution in [0.2, 0.25) is 0 Å². The summed E-state index contributed by atoms with van der Waals surface area (Å²) in [4.78, 5) is 11.5. The number of aliphatic imine (C=N–C) groups is 1. The molecule has 0 bridgehead atoms. The SMILES string of the molecule is CCNC(=NCCc1nc(C)no1)NC1CCN(C2CCCC2)C1.I. The molecular weight excluding hydrogens is 431 g/mol. The van der Waals surface area contributed by atoms with Crippen LogP contribution in [0.4, 0.5) is 0 Å². The highest BCUT2D eigenvalue weighted by Gasteiger charge is 2.30. The van der Waals surface area contributed by atoms with Crippen molar-refractivity contribution >= 4 is 29.9 Å². The van der Waals surface area contributed by atoms with Gasteiger partial charge in [0.1, 0.15) is 0 Å². The molecule has 142 valence electrons. The lowest BCUT2D eigenvalue weighted by atomic mass is 10.2. The second kappa shape index (κ2) is 10.3. The first-order chi connectivity index (χ1) is 11.7. The van der Waals surface area contributed by atoms with E-state index in [0.717, 1.165) is 25.1 Å². The van der Waals surface area contributed by atoms with E-state index >= 15 is 0 Å². The second-order valence-corrected chi connectivity index (χ2v) is 6.81. The van der Waals surface area contributed by atoms with Crippen LogP contribution >= 0.6 is 24.0 Å². The molecule has 1 unspecified atom stereocenters. The highest BCUT2D eigenvalue weighted by molar-refractivity contribution is 14.0. The molecule has 3 rings (SSSR count). The summed E-state index contributed by atoms with van der Waals surface area (Å²) >= 11 is 0. The predicted molar refractivity (Wildman–Crippen MR) is 110 cm³/mol. The first kappa shape index (κ1) is 20.4. The number of hydrogen-bond donors (Lipinski definition) is 2. The van der Waals surface area contributed by atoms with Gasteiger partial charge in [0.05, 0.1) is 6.54 Å². The number of guanidine groups is 1. The van der Waals surface area contributed by atoms with Crippen LogP contribution in [0.5, 0.6) is 0 Å². The van der Waals surface area contributed by atoms with Crippen molar-refractivity contribution in [1.29, 1.82) is 0 Å². The quantitative estimate of drug-likeness (QED) is 0.383. The standard InChI is InChI=1S/C17H30N6O.HI/c1-3-18-17(19-10-8-16-20-13(2)22-24-16)21-14-9-11-23(12-14)15-6-4-5-7-15;/h14-15H,3-12H2,1-2H3,(H2,18,19,21);1H. The van der Waals surface area contributed by atoms with E-state index in [1.54, 1.807) is 0 Å².